The van der Waals surface area contributed by atoms with Gasteiger partial charge in [-0.2, -0.15) is 0 Å². The van der Waals surface area contributed by atoms with Gasteiger partial charge in [-0.15, -0.1) is 0 Å². The molecule has 6 heteroatoms. The summed E-state index contributed by atoms with van der Waals surface area (Å²) in [5, 5.41) is 6.17. The van der Waals surface area contributed by atoms with Crippen LogP contribution < -0.4 is 10.6 Å². The summed E-state index contributed by atoms with van der Waals surface area (Å²) in [6.45, 7) is 0.966. The van der Waals surface area contributed by atoms with Crippen molar-refractivity contribution in [1.82, 2.24) is 20.2 Å². The first-order chi connectivity index (χ1) is 13.2. The van der Waals surface area contributed by atoms with Gasteiger partial charge in [0.05, 0.1) is 11.0 Å². The summed E-state index contributed by atoms with van der Waals surface area (Å²) in [6, 6.07) is 8.28. The number of aryl methyl sites for hydroxylation is 1. The fourth-order valence-corrected chi connectivity index (χ4v) is 3.93. The topological polar surface area (TPSA) is 76.0 Å². The number of imidazole rings is 1. The van der Waals surface area contributed by atoms with E-state index in [-0.39, 0.29) is 17.7 Å². The van der Waals surface area contributed by atoms with Gasteiger partial charge in [0.25, 0.3) is 0 Å². The van der Waals surface area contributed by atoms with Crippen LogP contribution in [0.3, 0.4) is 0 Å². The molecule has 0 atom stereocenters. The van der Waals surface area contributed by atoms with Crippen molar-refractivity contribution in [1.29, 1.82) is 0 Å². The van der Waals surface area contributed by atoms with E-state index in [1.807, 2.05) is 28.8 Å². The standard InChI is InChI=1S/C21H28N4O2/c26-20(23-16-6-1-2-7-16)14-25-18-9-4-3-8-17(18)24-19(25)10-5-13-22-21(27)15-11-12-15/h3-4,8-9,15-16H,1-2,5-7,10-14H2,(H,22,27)(H,23,26). The molecule has 0 spiro atoms. The minimum atomic E-state index is 0.0633. The number of carbonyl (C=O) groups is 2. The molecule has 27 heavy (non-hydrogen) atoms. The molecular formula is C21H28N4O2. The smallest absolute Gasteiger partial charge is 0.240 e. The number of aromatic nitrogens is 2. The Morgan fingerprint density at radius 1 is 1.11 bits per heavy atom. The molecule has 4 rings (SSSR count). The summed E-state index contributed by atoms with van der Waals surface area (Å²) in [5.74, 6) is 1.40. The summed E-state index contributed by atoms with van der Waals surface area (Å²) < 4.78 is 2.03. The normalized spacial score (nSPS) is 17.3. The third-order valence-corrected chi connectivity index (χ3v) is 5.58. The number of hydrogen-bond donors (Lipinski definition) is 2. The molecule has 0 saturated heterocycles. The Kier molecular flexibility index (Phi) is 5.41. The van der Waals surface area contributed by atoms with E-state index in [0.717, 1.165) is 55.4 Å². The van der Waals surface area contributed by atoms with Gasteiger partial charge in [-0.3, -0.25) is 9.59 Å². The lowest BCUT2D eigenvalue weighted by molar-refractivity contribution is -0.123. The molecule has 0 unspecified atom stereocenters. The first-order valence-electron chi connectivity index (χ1n) is 10.2. The van der Waals surface area contributed by atoms with Gasteiger partial charge in [-0.05, 0) is 44.2 Å². The van der Waals surface area contributed by atoms with Crippen LogP contribution in [0.25, 0.3) is 11.0 Å². The van der Waals surface area contributed by atoms with Crippen LogP contribution in [0.5, 0.6) is 0 Å². The second-order valence-electron chi connectivity index (χ2n) is 7.82. The minimum Gasteiger partial charge on any atom is -0.356 e. The number of benzene rings is 1. The van der Waals surface area contributed by atoms with Crippen LogP contribution in [-0.4, -0.2) is 34.0 Å². The number of para-hydroxylation sites is 2. The highest BCUT2D eigenvalue weighted by atomic mass is 16.2. The molecule has 6 nitrogen and oxygen atoms in total. The van der Waals surface area contributed by atoms with Gasteiger partial charge in [-0.25, -0.2) is 4.98 Å². The van der Waals surface area contributed by atoms with Gasteiger partial charge in [-0.1, -0.05) is 25.0 Å². The maximum Gasteiger partial charge on any atom is 0.240 e. The average Bonchev–Trinajstić information content (AvgIpc) is 3.30. The van der Waals surface area contributed by atoms with E-state index in [4.69, 9.17) is 4.98 Å². The van der Waals surface area contributed by atoms with Crippen LogP contribution in [0, 0.1) is 5.92 Å². The Labute approximate surface area is 159 Å². The maximum absolute atomic E-state index is 12.5. The third kappa shape index (κ3) is 4.49. The van der Waals surface area contributed by atoms with Gasteiger partial charge >= 0.3 is 0 Å². The molecule has 1 aromatic heterocycles. The lowest BCUT2D eigenvalue weighted by atomic mass is 10.2. The van der Waals surface area contributed by atoms with Crippen molar-refractivity contribution in [3.05, 3.63) is 30.1 Å². The second kappa shape index (κ2) is 8.11. The van der Waals surface area contributed by atoms with E-state index in [2.05, 4.69) is 10.6 Å². The van der Waals surface area contributed by atoms with Gasteiger partial charge < -0.3 is 15.2 Å². The van der Waals surface area contributed by atoms with Crippen molar-refractivity contribution < 1.29 is 9.59 Å². The van der Waals surface area contributed by atoms with E-state index >= 15 is 0 Å². The van der Waals surface area contributed by atoms with Crippen LogP contribution in [0.1, 0.15) is 50.8 Å². The zero-order chi connectivity index (χ0) is 18.6. The lowest BCUT2D eigenvalue weighted by Crippen LogP contribution is -2.35. The second-order valence-corrected chi connectivity index (χ2v) is 7.82. The SMILES string of the molecule is O=C(Cn1c(CCCNC(=O)C2CC2)nc2ccccc21)NC1CCCC1. The average molecular weight is 368 g/mol. The number of fused-ring (bicyclic) bond motifs is 1. The van der Waals surface area contributed by atoms with Crippen molar-refractivity contribution in [2.24, 2.45) is 5.92 Å². The van der Waals surface area contributed by atoms with E-state index in [0.29, 0.717) is 19.1 Å². The van der Waals surface area contributed by atoms with E-state index in [1.165, 1.54) is 12.8 Å². The number of nitrogens with one attached hydrogen (secondary N) is 2. The quantitative estimate of drug-likeness (QED) is 0.703. The van der Waals surface area contributed by atoms with Crippen molar-refractivity contribution in [3.8, 4) is 0 Å². The van der Waals surface area contributed by atoms with Crippen molar-refractivity contribution in [3.63, 3.8) is 0 Å². The molecule has 2 saturated carbocycles. The number of carbonyl (C=O) groups excluding carboxylic acids is 2. The van der Waals surface area contributed by atoms with Crippen LogP contribution >= 0.6 is 0 Å². The van der Waals surface area contributed by atoms with E-state index in [9.17, 15) is 9.59 Å². The monoisotopic (exact) mass is 368 g/mol. The van der Waals surface area contributed by atoms with Crippen molar-refractivity contribution in [2.75, 3.05) is 6.54 Å². The van der Waals surface area contributed by atoms with Gasteiger partial charge in [0.2, 0.25) is 11.8 Å². The minimum absolute atomic E-state index is 0.0633. The number of rotatable bonds is 8. The number of amides is 2. The number of nitrogens with zero attached hydrogens (tertiary/aromatic N) is 2. The Hall–Kier alpha value is -2.37. The molecule has 0 aliphatic heterocycles. The molecule has 144 valence electrons. The van der Waals surface area contributed by atoms with Crippen molar-refractivity contribution in [2.45, 2.75) is 64.0 Å². The maximum atomic E-state index is 12.5. The van der Waals surface area contributed by atoms with Gasteiger partial charge in [0, 0.05) is 24.9 Å². The highest BCUT2D eigenvalue weighted by molar-refractivity contribution is 5.81. The van der Waals surface area contributed by atoms with Gasteiger partial charge in [0.15, 0.2) is 0 Å². The summed E-state index contributed by atoms with van der Waals surface area (Å²) in [7, 11) is 0. The van der Waals surface area contributed by atoms with Gasteiger partial charge in [0.1, 0.15) is 12.4 Å². The zero-order valence-corrected chi connectivity index (χ0v) is 15.7. The van der Waals surface area contributed by atoms with Crippen LogP contribution in [0.2, 0.25) is 0 Å². The summed E-state index contributed by atoms with van der Waals surface area (Å²) in [4.78, 5) is 29.0. The summed E-state index contributed by atoms with van der Waals surface area (Å²) in [6.07, 6.45) is 8.21. The fraction of sp³-hybridized carbons (Fsp3) is 0.571. The Balaban J connectivity index is 1.40. The van der Waals surface area contributed by atoms with Crippen molar-refractivity contribution >= 4 is 22.8 Å². The Morgan fingerprint density at radius 3 is 2.67 bits per heavy atom. The summed E-state index contributed by atoms with van der Waals surface area (Å²) >= 11 is 0. The Morgan fingerprint density at radius 2 is 1.89 bits per heavy atom. The molecule has 2 aliphatic carbocycles. The number of hydrogen-bond acceptors (Lipinski definition) is 3. The molecule has 2 fully saturated rings. The predicted octanol–water partition coefficient (Wildman–Crippen LogP) is 2.55. The fourth-order valence-electron chi connectivity index (χ4n) is 3.93. The predicted molar refractivity (Wildman–Crippen MR) is 104 cm³/mol. The van der Waals surface area contributed by atoms with Crippen LogP contribution in [-0.2, 0) is 22.6 Å². The Bertz CT molecular complexity index is 819. The van der Waals surface area contributed by atoms with Crippen LogP contribution in [0.15, 0.2) is 24.3 Å². The van der Waals surface area contributed by atoms with E-state index in [1.54, 1.807) is 0 Å². The highest BCUT2D eigenvalue weighted by Gasteiger charge is 2.29. The summed E-state index contributed by atoms with van der Waals surface area (Å²) in [5.41, 5.74) is 1.92. The molecule has 1 aromatic carbocycles. The molecule has 2 N–H and O–H groups in total. The largest absolute Gasteiger partial charge is 0.356 e. The molecule has 2 amide bonds. The molecule has 2 aromatic rings. The third-order valence-electron chi connectivity index (χ3n) is 5.58. The molecule has 0 bridgehead atoms. The van der Waals surface area contributed by atoms with E-state index < -0.39 is 0 Å². The lowest BCUT2D eigenvalue weighted by Gasteiger charge is -2.14. The first-order valence-corrected chi connectivity index (χ1v) is 10.2. The highest BCUT2D eigenvalue weighted by Crippen LogP contribution is 2.28. The first kappa shape index (κ1) is 18.0. The molecule has 0 radical (unpaired) electrons. The van der Waals surface area contributed by atoms with Crippen LogP contribution in [0.4, 0.5) is 0 Å². The molecule has 1 heterocycles. The molecule has 2 aliphatic rings. The zero-order valence-electron chi connectivity index (χ0n) is 15.7. The molecular weight excluding hydrogens is 340 g/mol.